The van der Waals surface area contributed by atoms with Crippen LogP contribution in [0.1, 0.15) is 137 Å². The van der Waals surface area contributed by atoms with Crippen molar-refractivity contribution in [2.45, 2.75) is 193 Å². The van der Waals surface area contributed by atoms with E-state index in [0.29, 0.717) is 12.1 Å². The van der Waals surface area contributed by atoms with Crippen LogP contribution in [-0.4, -0.2) is 101 Å². The van der Waals surface area contributed by atoms with Crippen molar-refractivity contribution in [2.75, 3.05) is 10.2 Å². The standard InChI is InChI=1S/C63H69BrF12N8O13/c1-17-40(93-53(3,4)5)58(62(71,72)73,48-82-80-46(91-48)42-38(77-50(86)95-54(6,7)8)28-36(44(64)78-42)60(65,66)67)90-32-35-26-22-25-34(27-35)30-57(15,16)94-41(18-2)59(63(74,75)76,89-31-33-23-20-19-21-24-33)49-83-81-47(92-49)43-39(29-37(45(85)79-43)61(68,69)70)84(51(87)96-55(9,10)11)52(88)97-56(12,13)14/h17-29,40-41H,1-2,30-32H2,3-16H3,(H,77,86)(H,79,85). The van der Waals surface area contributed by atoms with Crippen molar-refractivity contribution >= 4 is 45.6 Å². The van der Waals surface area contributed by atoms with Crippen molar-refractivity contribution in [3.63, 3.8) is 0 Å². The van der Waals surface area contributed by atoms with Gasteiger partial charge in [0.1, 0.15) is 44.9 Å². The number of amides is 3. The number of benzene rings is 2. The predicted octanol–water partition coefficient (Wildman–Crippen LogP) is 16.6. The first-order chi connectivity index (χ1) is 44.2. The Morgan fingerprint density at radius 3 is 1.53 bits per heavy atom. The smallest absolute Gasteiger partial charge is 0.429 e. The van der Waals surface area contributed by atoms with Gasteiger partial charge in [0.05, 0.1) is 41.4 Å². The highest BCUT2D eigenvalue weighted by Crippen LogP contribution is 2.51. The number of alkyl halides is 12. The minimum Gasteiger partial charge on any atom is -0.444 e. The van der Waals surface area contributed by atoms with E-state index in [1.807, 2.05) is 0 Å². The van der Waals surface area contributed by atoms with E-state index in [1.54, 1.807) is 4.98 Å². The maximum atomic E-state index is 16.6. The number of imide groups is 1. The summed E-state index contributed by atoms with van der Waals surface area (Å²) in [7, 11) is 0. The number of pyridine rings is 2. The summed E-state index contributed by atoms with van der Waals surface area (Å²) in [6.07, 6.45) is -30.5. The van der Waals surface area contributed by atoms with Gasteiger partial charge in [0.15, 0.2) is 5.69 Å². The number of H-pyrrole nitrogens is 1. The molecular formula is C63H69BrF12N8O13. The molecule has 0 saturated carbocycles. The number of anilines is 2. The summed E-state index contributed by atoms with van der Waals surface area (Å²) in [5.41, 5.74) is -24.4. The lowest BCUT2D eigenvalue weighted by atomic mass is 9.91. The molecule has 4 unspecified atom stereocenters. The van der Waals surface area contributed by atoms with Gasteiger partial charge in [-0.3, -0.25) is 10.1 Å². The van der Waals surface area contributed by atoms with Crippen LogP contribution in [0.15, 0.2) is 110 Å². The summed E-state index contributed by atoms with van der Waals surface area (Å²) >= 11 is 2.71. The fourth-order valence-corrected chi connectivity index (χ4v) is 9.69. The Labute approximate surface area is 555 Å². The van der Waals surface area contributed by atoms with E-state index in [9.17, 15) is 45.5 Å². The van der Waals surface area contributed by atoms with Gasteiger partial charge in [-0.25, -0.2) is 19.4 Å². The zero-order chi connectivity index (χ0) is 73.3. The van der Waals surface area contributed by atoms with Gasteiger partial charge >= 0.3 is 43.0 Å². The topological polar surface area (TPSA) is 255 Å². The molecule has 4 atom stereocenters. The molecule has 0 spiro atoms. The molecule has 21 nitrogen and oxygen atoms in total. The molecule has 0 aliphatic heterocycles. The molecule has 0 aliphatic carbocycles. The molecule has 34 heteroatoms. The SMILES string of the molecule is C=CC(OC(C)(C)C)C(OCc1cccc(CC(C)(C)OC(C=C)C(OCc2ccccc2)(c2nnc(-c3[nH]c(=O)c(C(F)(F)F)cc3N(C(=O)OC(C)(C)C)C(=O)OC(C)(C)C)o2)C(F)(F)F)c1)(c1nnc(-c2nc(Br)c(C(F)(F)F)cc2NC(=O)OC(C)(C)C)o1)C(F)(F)F. The zero-order valence-electron chi connectivity index (χ0n) is 54.6. The van der Waals surface area contributed by atoms with Gasteiger partial charge < -0.3 is 47.0 Å². The summed E-state index contributed by atoms with van der Waals surface area (Å²) in [6, 6.07) is 13.0. The molecule has 6 rings (SSSR count). The molecule has 2 N–H and O–H groups in total. The van der Waals surface area contributed by atoms with Crippen molar-refractivity contribution in [2.24, 2.45) is 0 Å². The summed E-state index contributed by atoms with van der Waals surface area (Å²) in [4.78, 5) is 59.5. The number of aromatic nitrogens is 6. The molecule has 0 radical (unpaired) electrons. The molecule has 0 saturated heterocycles. The first-order valence-electron chi connectivity index (χ1n) is 29.0. The predicted molar refractivity (Wildman–Crippen MR) is 326 cm³/mol. The number of nitrogens with zero attached hydrogens (tertiary/aromatic N) is 6. The van der Waals surface area contributed by atoms with E-state index >= 15 is 26.3 Å². The molecule has 3 amide bonds. The summed E-state index contributed by atoms with van der Waals surface area (Å²) in [5.74, 6) is -5.16. The molecule has 6 aromatic rings. The average Bonchev–Trinajstić information content (AvgIpc) is 1.72. The largest absolute Gasteiger partial charge is 0.444 e. The number of rotatable bonds is 21. The van der Waals surface area contributed by atoms with Crippen LogP contribution in [0.4, 0.5) is 78.4 Å². The number of nitrogens with one attached hydrogen (secondary N) is 2. The normalized spacial score (nSPS) is 15.0. The van der Waals surface area contributed by atoms with Crippen molar-refractivity contribution in [1.29, 1.82) is 0 Å². The van der Waals surface area contributed by atoms with E-state index in [2.05, 4.69) is 59.8 Å². The lowest BCUT2D eigenvalue weighted by Gasteiger charge is -2.41. The van der Waals surface area contributed by atoms with Crippen LogP contribution in [0.5, 0.6) is 0 Å². The van der Waals surface area contributed by atoms with E-state index < -0.39 is 182 Å². The third kappa shape index (κ3) is 19.1. The number of hydrogen-bond donors (Lipinski definition) is 2. The molecule has 4 heterocycles. The molecule has 4 aromatic heterocycles. The van der Waals surface area contributed by atoms with Crippen molar-refractivity contribution < 1.29 is 109 Å². The van der Waals surface area contributed by atoms with Gasteiger partial charge in [-0.05, 0) is 142 Å². The van der Waals surface area contributed by atoms with Gasteiger partial charge in [-0.15, -0.1) is 33.6 Å². The second kappa shape index (κ2) is 28.3. The van der Waals surface area contributed by atoms with Crippen LogP contribution < -0.4 is 15.8 Å². The highest BCUT2D eigenvalue weighted by molar-refractivity contribution is 9.10. The first-order valence-corrected chi connectivity index (χ1v) is 29.7. The minimum atomic E-state index is -5.73. The Morgan fingerprint density at radius 2 is 1.05 bits per heavy atom. The van der Waals surface area contributed by atoms with Crippen LogP contribution in [0.25, 0.3) is 23.2 Å². The van der Waals surface area contributed by atoms with E-state index in [-0.39, 0.29) is 27.7 Å². The number of carbonyl (C=O) groups excluding carboxylic acids is 3. The summed E-state index contributed by atoms with van der Waals surface area (Å²) in [6.45, 7) is 24.2. The zero-order valence-corrected chi connectivity index (χ0v) is 56.2. The first kappa shape index (κ1) is 77.8. The van der Waals surface area contributed by atoms with Crippen LogP contribution in [0, 0.1) is 0 Å². The second-order valence-corrected chi connectivity index (χ2v) is 26.9. The Bertz CT molecular complexity index is 3850. The molecule has 0 bridgehead atoms. The Balaban J connectivity index is 1.45. The van der Waals surface area contributed by atoms with Crippen molar-refractivity contribution in [3.05, 3.63) is 147 Å². The van der Waals surface area contributed by atoms with Gasteiger partial charge in [-0.2, -0.15) is 57.6 Å². The average molecular weight is 1450 g/mol. The summed E-state index contributed by atoms with van der Waals surface area (Å²) in [5, 5.41) is 16.8. The fraction of sp³-hybridized carbons (Fsp3) is 0.476. The number of hydrogen-bond acceptors (Lipinski definition) is 18. The molecule has 2 aromatic carbocycles. The fourth-order valence-electron chi connectivity index (χ4n) is 9.17. The van der Waals surface area contributed by atoms with Crippen LogP contribution in [0.3, 0.4) is 0 Å². The molecular weight excluding hydrogens is 1380 g/mol. The van der Waals surface area contributed by atoms with Crippen molar-refractivity contribution in [3.8, 4) is 23.2 Å². The third-order valence-corrected chi connectivity index (χ3v) is 13.5. The summed E-state index contributed by atoms with van der Waals surface area (Å²) < 4.78 is 235. The minimum absolute atomic E-state index is 0.0147. The van der Waals surface area contributed by atoms with Crippen LogP contribution in [0.2, 0.25) is 0 Å². The van der Waals surface area contributed by atoms with Gasteiger partial charge in [0.25, 0.3) is 40.3 Å². The number of halogens is 13. The monoisotopic (exact) mass is 1450 g/mol. The van der Waals surface area contributed by atoms with Gasteiger partial charge in [0, 0.05) is 6.42 Å². The molecule has 97 heavy (non-hydrogen) atoms. The Morgan fingerprint density at radius 1 is 0.588 bits per heavy atom. The second-order valence-electron chi connectivity index (χ2n) is 26.2. The van der Waals surface area contributed by atoms with E-state index in [4.69, 9.17) is 42.0 Å². The third-order valence-electron chi connectivity index (χ3n) is 12.9. The number of ether oxygens (including phenoxy) is 7. The van der Waals surface area contributed by atoms with E-state index in [0.717, 1.165) is 6.08 Å². The molecule has 0 fully saturated rings. The Hall–Kier alpha value is -8.21. The quantitative estimate of drug-likeness (QED) is 0.0294. The molecule has 0 aliphatic rings. The highest BCUT2D eigenvalue weighted by Gasteiger charge is 2.68. The highest BCUT2D eigenvalue weighted by atomic mass is 79.9. The maximum Gasteiger partial charge on any atom is 0.429 e. The van der Waals surface area contributed by atoms with E-state index in [1.165, 1.54) is 152 Å². The Kier molecular flexibility index (Phi) is 22.7. The van der Waals surface area contributed by atoms with Crippen molar-refractivity contribution in [1.82, 2.24) is 30.4 Å². The maximum absolute atomic E-state index is 16.6. The number of carbonyl (C=O) groups is 3. The molecule has 530 valence electrons. The van der Waals surface area contributed by atoms with Crippen LogP contribution in [-0.2, 0) is 76.3 Å². The lowest BCUT2D eigenvalue weighted by molar-refractivity contribution is -0.333. The van der Waals surface area contributed by atoms with Crippen LogP contribution >= 0.6 is 15.9 Å². The lowest BCUT2D eigenvalue weighted by Crippen LogP contribution is -2.56. The number of aromatic amines is 1. The van der Waals surface area contributed by atoms with Gasteiger partial charge in [-0.1, -0.05) is 66.7 Å². The van der Waals surface area contributed by atoms with Gasteiger partial charge in [0.2, 0.25) is 0 Å².